The van der Waals surface area contributed by atoms with E-state index >= 15 is 0 Å². The van der Waals surface area contributed by atoms with Crippen LogP contribution in [0.15, 0.2) is 39.1 Å². The largest absolute Gasteiger partial charge is 0.398 e. The molecule has 0 amide bonds. The molecule has 0 bridgehead atoms. The number of benzene rings is 1. The lowest BCUT2D eigenvalue weighted by Crippen LogP contribution is -2.39. The van der Waals surface area contributed by atoms with E-state index in [0.717, 1.165) is 0 Å². The Balaban J connectivity index is 1.64. The van der Waals surface area contributed by atoms with Crippen LogP contribution in [0.3, 0.4) is 0 Å². The summed E-state index contributed by atoms with van der Waals surface area (Å²) in [5.41, 5.74) is 11.9. The highest BCUT2D eigenvalue weighted by Crippen LogP contribution is 2.53. The number of imidazole rings is 1. The number of H-pyrrole nitrogens is 1. The second-order valence-corrected chi connectivity index (χ2v) is 10.7. The van der Waals surface area contributed by atoms with E-state index in [1.54, 1.807) is 18.2 Å². The van der Waals surface area contributed by atoms with Gasteiger partial charge >= 0.3 is 6.72 Å². The Kier molecular flexibility index (Phi) is 5.07. The number of aliphatic hydroxyl groups is 1. The first-order valence-corrected chi connectivity index (χ1v) is 12.4. The fraction of sp³-hybridized carbons (Fsp3) is 0.312. The van der Waals surface area contributed by atoms with Gasteiger partial charge in [0.2, 0.25) is 5.95 Å². The summed E-state index contributed by atoms with van der Waals surface area (Å²) in [5.74, 6) is -0.121. The second-order valence-electron chi connectivity index (χ2n) is 6.92. The second kappa shape index (κ2) is 7.53. The van der Waals surface area contributed by atoms with Gasteiger partial charge in [-0.2, -0.15) is 4.98 Å². The van der Waals surface area contributed by atoms with Crippen molar-refractivity contribution in [3.05, 3.63) is 34.6 Å². The third-order valence-electron chi connectivity index (χ3n) is 4.88. The molecule has 2 fully saturated rings. The van der Waals surface area contributed by atoms with Crippen molar-refractivity contribution in [3.63, 3.8) is 0 Å². The number of hydrogen-bond acceptors (Lipinski definition) is 11. The monoisotopic (exact) mass is 484 g/mol. The van der Waals surface area contributed by atoms with Crippen molar-refractivity contribution in [1.82, 2.24) is 19.5 Å². The Morgan fingerprint density at radius 1 is 1.32 bits per heavy atom. The normalized spacial score (nSPS) is 30.5. The fourth-order valence-electron chi connectivity index (χ4n) is 3.50. The van der Waals surface area contributed by atoms with Gasteiger partial charge in [0.15, 0.2) is 22.5 Å². The SMILES string of the molecule is Nc1nc2c(nc(Sc3ccccc3N)n2[C@@H]2OC3COP(O)(=S)O[C@H]3C2O)c(=O)[nH]1. The zero-order valence-corrected chi connectivity index (χ0v) is 18.1. The van der Waals surface area contributed by atoms with Crippen LogP contribution < -0.4 is 17.0 Å². The summed E-state index contributed by atoms with van der Waals surface area (Å²) >= 11 is 6.06. The van der Waals surface area contributed by atoms with Crippen molar-refractivity contribution in [2.75, 3.05) is 18.1 Å². The molecule has 15 heteroatoms. The smallest absolute Gasteiger partial charge is 0.325 e. The Labute approximate surface area is 183 Å². The van der Waals surface area contributed by atoms with Crippen molar-refractivity contribution in [2.24, 2.45) is 0 Å². The molecule has 164 valence electrons. The van der Waals surface area contributed by atoms with E-state index in [-0.39, 0.29) is 23.7 Å². The highest BCUT2D eigenvalue weighted by atomic mass is 32.5. The van der Waals surface area contributed by atoms with Gasteiger partial charge < -0.3 is 30.7 Å². The van der Waals surface area contributed by atoms with E-state index in [1.807, 2.05) is 6.07 Å². The van der Waals surface area contributed by atoms with Crippen LogP contribution >= 0.6 is 18.5 Å². The first kappa shape index (κ1) is 20.8. The van der Waals surface area contributed by atoms with Crippen LogP contribution in [0, 0.1) is 0 Å². The van der Waals surface area contributed by atoms with Crippen molar-refractivity contribution in [1.29, 1.82) is 0 Å². The number of nitrogen functional groups attached to an aromatic ring is 2. The highest BCUT2D eigenvalue weighted by Gasteiger charge is 2.52. The summed E-state index contributed by atoms with van der Waals surface area (Å²) in [7, 11) is 0. The maximum Gasteiger partial charge on any atom is 0.325 e. The molecule has 0 saturated carbocycles. The van der Waals surface area contributed by atoms with Crippen LogP contribution in [0.1, 0.15) is 6.23 Å². The predicted octanol–water partition coefficient (Wildman–Crippen LogP) is 0.326. The molecule has 0 radical (unpaired) electrons. The van der Waals surface area contributed by atoms with Crippen molar-refractivity contribution in [3.8, 4) is 0 Å². The van der Waals surface area contributed by atoms with Gasteiger partial charge in [-0.1, -0.05) is 12.1 Å². The number of nitrogens with zero attached hydrogens (tertiary/aromatic N) is 3. The van der Waals surface area contributed by atoms with E-state index in [0.29, 0.717) is 15.7 Å². The number of nitrogens with one attached hydrogen (secondary N) is 1. The molecule has 7 N–H and O–H groups in total. The minimum absolute atomic E-state index is 0.0151. The maximum absolute atomic E-state index is 12.4. The molecule has 2 saturated heterocycles. The number of fused-ring (bicyclic) bond motifs is 2. The van der Waals surface area contributed by atoms with Crippen LogP contribution in [-0.4, -0.2) is 54.4 Å². The molecule has 3 unspecified atom stereocenters. The summed E-state index contributed by atoms with van der Waals surface area (Å²) in [5, 5.41) is 11.3. The lowest BCUT2D eigenvalue weighted by Gasteiger charge is -2.30. The van der Waals surface area contributed by atoms with E-state index in [2.05, 4.69) is 15.0 Å². The number of rotatable bonds is 3. The van der Waals surface area contributed by atoms with Crippen molar-refractivity contribution < 1.29 is 23.8 Å². The molecule has 3 aromatic rings. The lowest BCUT2D eigenvalue weighted by atomic mass is 10.1. The zero-order chi connectivity index (χ0) is 21.9. The molecule has 1 aromatic carbocycles. The van der Waals surface area contributed by atoms with Crippen molar-refractivity contribution in [2.45, 2.75) is 34.6 Å². The molecule has 2 aromatic heterocycles. The molecule has 2 aliphatic heterocycles. The number of para-hydroxylation sites is 1. The standard InChI is InChI=1S/C16H17N6O6PS2/c17-6-3-1-2-4-8(6)31-16-19-9-12(20-15(18)21-13(9)24)22(16)14-10(23)11-7(27-14)5-26-29(25,30)28-11/h1-4,7,10-11,14,23H,5,17H2,(H,25,30)(H3,18,20,21,24)/t7?,10?,11-,14-,29?/m1/s1. The lowest BCUT2D eigenvalue weighted by molar-refractivity contribution is -0.0619. The average molecular weight is 484 g/mol. The third kappa shape index (κ3) is 3.64. The van der Waals surface area contributed by atoms with E-state index in [4.69, 9.17) is 37.1 Å². The molecule has 4 heterocycles. The van der Waals surface area contributed by atoms with Gasteiger partial charge in [-0.3, -0.25) is 18.9 Å². The first-order chi connectivity index (χ1) is 14.7. The molecule has 0 spiro atoms. The van der Waals surface area contributed by atoms with E-state index in [1.165, 1.54) is 16.3 Å². The number of ether oxygens (including phenoxy) is 1. The van der Waals surface area contributed by atoms with Crippen LogP contribution in [0.5, 0.6) is 0 Å². The van der Waals surface area contributed by atoms with Crippen LogP contribution in [0.2, 0.25) is 0 Å². The highest BCUT2D eigenvalue weighted by molar-refractivity contribution is 8.07. The van der Waals surface area contributed by atoms with Crippen LogP contribution in [0.25, 0.3) is 11.2 Å². The summed E-state index contributed by atoms with van der Waals surface area (Å²) in [4.78, 5) is 34.1. The Morgan fingerprint density at radius 3 is 2.87 bits per heavy atom. The fourth-order valence-corrected chi connectivity index (χ4v) is 5.90. The Morgan fingerprint density at radius 2 is 2.10 bits per heavy atom. The molecular formula is C16H17N6O6PS2. The topological polar surface area (TPSA) is 184 Å². The number of aromatic nitrogens is 4. The Bertz CT molecular complexity index is 1280. The molecule has 0 aliphatic carbocycles. The number of nitrogens with two attached hydrogens (primary N) is 2. The Hall–Kier alpha value is -2.03. The summed E-state index contributed by atoms with van der Waals surface area (Å²) in [6.07, 6.45) is -3.93. The van der Waals surface area contributed by atoms with Gasteiger partial charge in [0.25, 0.3) is 5.56 Å². The van der Waals surface area contributed by atoms with E-state index in [9.17, 15) is 14.8 Å². The van der Waals surface area contributed by atoms with E-state index < -0.39 is 36.8 Å². The van der Waals surface area contributed by atoms with Gasteiger partial charge in [-0.15, -0.1) is 0 Å². The van der Waals surface area contributed by atoms with Crippen LogP contribution in [0.4, 0.5) is 11.6 Å². The first-order valence-electron chi connectivity index (χ1n) is 9.03. The van der Waals surface area contributed by atoms with Gasteiger partial charge in [0.1, 0.15) is 18.3 Å². The van der Waals surface area contributed by atoms with Crippen molar-refractivity contribution >= 4 is 53.1 Å². The molecule has 31 heavy (non-hydrogen) atoms. The predicted molar refractivity (Wildman–Crippen MR) is 115 cm³/mol. The molecule has 12 nitrogen and oxygen atoms in total. The zero-order valence-electron chi connectivity index (χ0n) is 15.6. The quantitative estimate of drug-likeness (QED) is 0.254. The number of anilines is 2. The minimum Gasteiger partial charge on any atom is -0.398 e. The summed E-state index contributed by atoms with van der Waals surface area (Å²) in [6.45, 7) is -3.53. The summed E-state index contributed by atoms with van der Waals surface area (Å²) < 4.78 is 18.0. The number of aliphatic hydroxyl groups excluding tert-OH is 1. The number of aromatic amines is 1. The maximum atomic E-state index is 12.4. The number of hydrogen-bond donors (Lipinski definition) is 5. The molecular weight excluding hydrogens is 467 g/mol. The molecule has 5 rings (SSSR count). The van der Waals surface area contributed by atoms with Gasteiger partial charge in [0, 0.05) is 10.6 Å². The summed E-state index contributed by atoms with van der Waals surface area (Å²) in [6, 6.07) is 7.12. The van der Waals surface area contributed by atoms with Crippen LogP contribution in [-0.2, 0) is 25.6 Å². The van der Waals surface area contributed by atoms with Gasteiger partial charge in [0.05, 0.1) is 6.61 Å². The average Bonchev–Trinajstić information content (AvgIpc) is 3.20. The third-order valence-corrected chi connectivity index (χ3v) is 7.50. The molecule has 5 atom stereocenters. The minimum atomic E-state index is -3.48. The van der Waals surface area contributed by atoms with Gasteiger partial charge in [-0.25, -0.2) is 4.98 Å². The van der Waals surface area contributed by atoms with Gasteiger partial charge in [-0.05, 0) is 35.7 Å². The molecule has 2 aliphatic rings.